The van der Waals surface area contributed by atoms with Gasteiger partial charge in [-0.25, -0.2) is 0 Å². The van der Waals surface area contributed by atoms with Crippen LogP contribution in [-0.2, 0) is 27.9 Å². The van der Waals surface area contributed by atoms with E-state index in [1.54, 1.807) is 0 Å². The third kappa shape index (κ3) is 50.6. The van der Waals surface area contributed by atoms with Crippen molar-refractivity contribution in [1.29, 1.82) is 0 Å². The fourth-order valence-electron chi connectivity index (χ4n) is 8.16. The number of phosphoric ester groups is 1. The van der Waals surface area contributed by atoms with E-state index in [0.717, 1.165) is 64.2 Å². The zero-order valence-corrected chi connectivity index (χ0v) is 47.4. The summed E-state index contributed by atoms with van der Waals surface area (Å²) in [4.78, 5) is 39.8. The third-order valence-electron chi connectivity index (χ3n) is 12.7. The average Bonchev–Trinajstić information content (AvgIpc) is 3.32. The molecule has 408 valence electrons. The number of amides is 1. The molecule has 70 heavy (non-hydrogen) atoms. The highest BCUT2D eigenvalue weighted by molar-refractivity contribution is 7.45. The van der Waals surface area contributed by atoms with Gasteiger partial charge in [0.1, 0.15) is 19.3 Å². The van der Waals surface area contributed by atoms with Gasteiger partial charge in [0.2, 0.25) is 5.91 Å². The van der Waals surface area contributed by atoms with Gasteiger partial charge in [-0.15, -0.1) is 0 Å². The Hall–Kier alpha value is -2.29. The predicted molar refractivity (Wildman–Crippen MR) is 298 cm³/mol. The number of hydrogen-bond donors (Lipinski definition) is 1. The van der Waals surface area contributed by atoms with Gasteiger partial charge in [0, 0.05) is 12.8 Å². The normalized spacial score (nSPS) is 14.2. The van der Waals surface area contributed by atoms with Gasteiger partial charge in [-0.05, 0) is 70.3 Å². The molecule has 0 heterocycles. The summed E-state index contributed by atoms with van der Waals surface area (Å²) in [6.07, 6.45) is 61.9. The molecule has 0 aliphatic carbocycles. The summed E-state index contributed by atoms with van der Waals surface area (Å²) >= 11 is 0. The van der Waals surface area contributed by atoms with Gasteiger partial charge in [-0.2, -0.15) is 0 Å². The summed E-state index contributed by atoms with van der Waals surface area (Å²) in [6, 6.07) is -0.908. The van der Waals surface area contributed by atoms with Gasteiger partial charge in [0.25, 0.3) is 7.82 Å². The monoisotopic (exact) mass is 1000 g/mol. The van der Waals surface area contributed by atoms with Gasteiger partial charge >= 0.3 is 5.97 Å². The minimum Gasteiger partial charge on any atom is -0.756 e. The molecule has 0 saturated heterocycles. The third-order valence-corrected chi connectivity index (χ3v) is 13.7. The Bertz CT molecular complexity index is 1390. The molecular weight excluding hydrogens is 892 g/mol. The van der Waals surface area contributed by atoms with Crippen molar-refractivity contribution in [2.45, 2.75) is 270 Å². The number of carbonyl (C=O) groups is 2. The number of quaternary nitrogens is 1. The number of esters is 1. The van der Waals surface area contributed by atoms with E-state index in [0.29, 0.717) is 23.9 Å². The van der Waals surface area contributed by atoms with Crippen LogP contribution in [0.2, 0.25) is 0 Å². The molecule has 0 fully saturated rings. The SMILES string of the molecule is CCCCC/C=C\C/C=C\C/C=C\C/C=C\CCCC(=O)OC(/C=C/CCCCCCCCCCC)C(COP(=O)([O-])OCC[N+](C)(C)C)NC(=O)CCCCCCCCCCCCCCCCCC. The highest BCUT2D eigenvalue weighted by Gasteiger charge is 2.27. The number of phosphoric acid groups is 1. The zero-order chi connectivity index (χ0) is 51.5. The highest BCUT2D eigenvalue weighted by atomic mass is 31.2. The molecule has 0 aliphatic rings. The Morgan fingerprint density at radius 2 is 0.886 bits per heavy atom. The lowest BCUT2D eigenvalue weighted by Gasteiger charge is -2.30. The van der Waals surface area contributed by atoms with Crippen LogP contribution in [0.1, 0.15) is 258 Å². The first-order valence-corrected chi connectivity index (χ1v) is 30.6. The molecule has 0 saturated carbocycles. The van der Waals surface area contributed by atoms with Crippen molar-refractivity contribution < 1.29 is 37.3 Å². The van der Waals surface area contributed by atoms with Crippen molar-refractivity contribution in [1.82, 2.24) is 5.32 Å². The Kier molecular flexibility index (Phi) is 48.6. The van der Waals surface area contributed by atoms with Gasteiger partial charge in [0.05, 0.1) is 33.8 Å². The Balaban J connectivity index is 5.38. The number of allylic oxidation sites excluding steroid dienone is 9. The number of carbonyl (C=O) groups excluding carboxylic acids is 2. The summed E-state index contributed by atoms with van der Waals surface area (Å²) in [5.74, 6) is -0.602. The lowest BCUT2D eigenvalue weighted by Crippen LogP contribution is -2.47. The first-order chi connectivity index (χ1) is 33.9. The van der Waals surface area contributed by atoms with Crippen LogP contribution in [-0.4, -0.2) is 69.4 Å². The lowest BCUT2D eigenvalue weighted by atomic mass is 10.0. The van der Waals surface area contributed by atoms with Gasteiger partial charge in [-0.3, -0.25) is 14.2 Å². The second kappa shape index (κ2) is 50.3. The maximum absolute atomic E-state index is 13.5. The maximum Gasteiger partial charge on any atom is 0.306 e. The summed E-state index contributed by atoms with van der Waals surface area (Å²) in [7, 11) is 1.16. The number of nitrogens with one attached hydrogen (secondary N) is 1. The molecule has 1 amide bonds. The fourth-order valence-corrected chi connectivity index (χ4v) is 8.88. The van der Waals surface area contributed by atoms with Crippen molar-refractivity contribution in [2.24, 2.45) is 0 Å². The van der Waals surface area contributed by atoms with Crippen molar-refractivity contribution in [3.8, 4) is 0 Å². The molecule has 3 unspecified atom stereocenters. The van der Waals surface area contributed by atoms with Crippen LogP contribution in [0.15, 0.2) is 60.8 Å². The molecule has 10 heteroatoms. The number of rotatable bonds is 52. The van der Waals surface area contributed by atoms with E-state index >= 15 is 0 Å². The Labute approximate surface area is 432 Å². The molecule has 0 aromatic heterocycles. The molecule has 9 nitrogen and oxygen atoms in total. The standard InChI is InChI=1S/C60H111N2O7P/c1-7-10-13-16-19-22-25-27-29-31-33-35-38-41-44-47-50-53-60(64)69-58(51-48-45-42-39-36-24-21-18-15-12-9-3)57(56-68-70(65,66)67-55-54-62(4,5)6)61-59(63)52-49-46-43-40-37-34-32-30-28-26-23-20-17-14-11-8-2/h19,22,27,29,33,35,41,44,48,51,57-58H,7-18,20-21,23-26,28,30-32,34,36-40,42-43,45-47,49-50,52-56H2,1-6H3,(H-,61,63,65,66)/b22-19-,29-27-,35-33-,44-41-,51-48+. The fraction of sp³-hybridized carbons (Fsp3) is 0.800. The van der Waals surface area contributed by atoms with Crippen molar-refractivity contribution in [3.05, 3.63) is 60.8 Å². The molecule has 0 bridgehead atoms. The molecule has 0 rings (SSSR count). The number of likely N-dealkylation sites (N-methyl/N-ethyl adjacent to an activating group) is 1. The van der Waals surface area contributed by atoms with Gasteiger partial charge in [0.15, 0.2) is 0 Å². The molecule has 0 aromatic rings. The molecule has 0 aromatic carbocycles. The predicted octanol–water partition coefficient (Wildman–Crippen LogP) is 16.9. The van der Waals surface area contributed by atoms with Crippen LogP contribution in [0.4, 0.5) is 0 Å². The summed E-state index contributed by atoms with van der Waals surface area (Å²) in [6.45, 7) is 6.78. The second-order valence-electron chi connectivity index (χ2n) is 20.8. The topological polar surface area (TPSA) is 114 Å². The number of unbranched alkanes of at least 4 members (excludes halogenated alkanes) is 28. The van der Waals surface area contributed by atoms with Crippen LogP contribution in [0, 0.1) is 0 Å². The van der Waals surface area contributed by atoms with Crippen LogP contribution in [0.3, 0.4) is 0 Å². The van der Waals surface area contributed by atoms with E-state index in [1.807, 2.05) is 33.3 Å². The van der Waals surface area contributed by atoms with Gasteiger partial charge in [-0.1, -0.05) is 236 Å². The minimum absolute atomic E-state index is 0.0307. The van der Waals surface area contributed by atoms with Crippen LogP contribution < -0.4 is 10.2 Å². The molecule has 0 radical (unpaired) electrons. The first kappa shape index (κ1) is 67.7. The lowest BCUT2D eigenvalue weighted by molar-refractivity contribution is -0.870. The smallest absolute Gasteiger partial charge is 0.306 e. The number of hydrogen-bond acceptors (Lipinski definition) is 7. The summed E-state index contributed by atoms with van der Waals surface area (Å²) in [5.41, 5.74) is 0. The largest absolute Gasteiger partial charge is 0.756 e. The van der Waals surface area contributed by atoms with Crippen LogP contribution >= 0.6 is 7.82 Å². The second-order valence-corrected chi connectivity index (χ2v) is 22.2. The zero-order valence-electron chi connectivity index (χ0n) is 46.5. The van der Waals surface area contributed by atoms with Crippen molar-refractivity contribution >= 4 is 19.7 Å². The highest BCUT2D eigenvalue weighted by Crippen LogP contribution is 2.38. The summed E-state index contributed by atoms with van der Waals surface area (Å²) in [5, 5.41) is 3.01. The Morgan fingerprint density at radius 1 is 0.500 bits per heavy atom. The quantitative estimate of drug-likeness (QED) is 0.0212. The van der Waals surface area contributed by atoms with E-state index in [4.69, 9.17) is 13.8 Å². The molecule has 3 atom stereocenters. The van der Waals surface area contributed by atoms with E-state index < -0.39 is 32.5 Å². The number of nitrogens with zero attached hydrogens (tertiary/aromatic N) is 1. The van der Waals surface area contributed by atoms with E-state index in [9.17, 15) is 19.0 Å². The van der Waals surface area contributed by atoms with E-state index in [1.165, 1.54) is 154 Å². The Morgan fingerprint density at radius 3 is 1.36 bits per heavy atom. The van der Waals surface area contributed by atoms with E-state index in [2.05, 4.69) is 74.7 Å². The van der Waals surface area contributed by atoms with Crippen LogP contribution in [0.25, 0.3) is 0 Å². The first-order valence-electron chi connectivity index (χ1n) is 29.1. The molecular formula is C60H111N2O7P. The molecule has 1 N–H and O–H groups in total. The molecule has 0 aliphatic heterocycles. The minimum atomic E-state index is -4.70. The maximum atomic E-state index is 13.5. The van der Waals surface area contributed by atoms with Crippen molar-refractivity contribution in [2.75, 3.05) is 40.9 Å². The van der Waals surface area contributed by atoms with Gasteiger partial charge < -0.3 is 28.5 Å². The van der Waals surface area contributed by atoms with Crippen molar-refractivity contribution in [3.63, 3.8) is 0 Å². The summed E-state index contributed by atoms with van der Waals surface area (Å²) < 4.78 is 30.2. The average molecular weight is 1000 g/mol. The van der Waals surface area contributed by atoms with E-state index in [-0.39, 0.29) is 18.9 Å². The molecule has 0 spiro atoms. The van der Waals surface area contributed by atoms with Crippen LogP contribution in [0.5, 0.6) is 0 Å². The number of ether oxygens (including phenoxy) is 1.